The molecular formula is C15H25N3O2S. The number of ether oxygens (including phenoxy) is 1. The molecule has 0 radical (unpaired) electrons. The maximum Gasteiger partial charge on any atom is 0.305 e. The van der Waals surface area contributed by atoms with E-state index in [9.17, 15) is 4.79 Å². The molecule has 21 heavy (non-hydrogen) atoms. The Morgan fingerprint density at radius 2 is 2.10 bits per heavy atom. The van der Waals surface area contributed by atoms with Crippen molar-refractivity contribution in [3.63, 3.8) is 0 Å². The van der Waals surface area contributed by atoms with Crippen LogP contribution in [-0.4, -0.2) is 55.7 Å². The molecule has 1 aromatic heterocycles. The molecule has 118 valence electrons. The zero-order chi connectivity index (χ0) is 15.2. The van der Waals surface area contributed by atoms with Crippen molar-refractivity contribution in [3.8, 4) is 0 Å². The van der Waals surface area contributed by atoms with Gasteiger partial charge in [-0.3, -0.25) is 9.69 Å². The molecule has 1 aromatic rings. The molecule has 1 saturated heterocycles. The van der Waals surface area contributed by atoms with Crippen LogP contribution in [0.15, 0.2) is 5.38 Å². The quantitative estimate of drug-likeness (QED) is 0.752. The summed E-state index contributed by atoms with van der Waals surface area (Å²) >= 11 is 1.67. The Morgan fingerprint density at radius 3 is 2.71 bits per heavy atom. The van der Waals surface area contributed by atoms with Gasteiger partial charge in [0.25, 0.3) is 0 Å². The van der Waals surface area contributed by atoms with E-state index in [-0.39, 0.29) is 5.97 Å². The average molecular weight is 311 g/mol. The Hall–Kier alpha value is -1.14. The van der Waals surface area contributed by atoms with E-state index in [4.69, 9.17) is 0 Å². The zero-order valence-electron chi connectivity index (χ0n) is 13.2. The van der Waals surface area contributed by atoms with Gasteiger partial charge in [0.2, 0.25) is 0 Å². The van der Waals surface area contributed by atoms with Gasteiger partial charge in [-0.25, -0.2) is 4.98 Å². The van der Waals surface area contributed by atoms with E-state index in [0.29, 0.717) is 12.8 Å². The predicted octanol–water partition coefficient (Wildman–Crippen LogP) is 2.03. The molecule has 1 fully saturated rings. The minimum atomic E-state index is -0.174. The first kappa shape index (κ1) is 16.2. The highest BCUT2D eigenvalue weighted by molar-refractivity contribution is 7.13. The number of esters is 1. The van der Waals surface area contributed by atoms with Gasteiger partial charge in [-0.1, -0.05) is 13.8 Å². The van der Waals surface area contributed by atoms with E-state index < -0.39 is 0 Å². The van der Waals surface area contributed by atoms with E-state index in [1.807, 2.05) is 0 Å². The smallest absolute Gasteiger partial charge is 0.305 e. The fourth-order valence-electron chi connectivity index (χ4n) is 2.53. The number of nitrogens with zero attached hydrogens (tertiary/aromatic N) is 3. The molecule has 5 nitrogen and oxygen atoms in total. The summed E-state index contributed by atoms with van der Waals surface area (Å²) in [6, 6.07) is 0. The molecule has 0 atom stereocenters. The second-order valence-corrected chi connectivity index (χ2v) is 6.72. The van der Waals surface area contributed by atoms with E-state index >= 15 is 0 Å². The number of carbonyl (C=O) groups is 1. The van der Waals surface area contributed by atoms with Crippen molar-refractivity contribution >= 4 is 22.4 Å². The van der Waals surface area contributed by atoms with Crippen LogP contribution in [0.3, 0.4) is 0 Å². The second-order valence-electron chi connectivity index (χ2n) is 5.88. The normalized spacial score (nSPS) is 16.5. The summed E-state index contributed by atoms with van der Waals surface area (Å²) in [6.07, 6.45) is 1.07. The molecule has 1 aliphatic heterocycles. The van der Waals surface area contributed by atoms with Crippen LogP contribution in [0.4, 0.5) is 5.13 Å². The van der Waals surface area contributed by atoms with E-state index in [0.717, 1.165) is 42.9 Å². The lowest BCUT2D eigenvalue weighted by atomic mass is 10.2. The first-order valence-electron chi connectivity index (χ1n) is 7.57. The van der Waals surface area contributed by atoms with Crippen LogP contribution in [0.2, 0.25) is 0 Å². The molecule has 1 aliphatic rings. The van der Waals surface area contributed by atoms with Crippen molar-refractivity contribution in [3.05, 3.63) is 11.1 Å². The number of rotatable bonds is 6. The van der Waals surface area contributed by atoms with Crippen LogP contribution in [0, 0.1) is 5.92 Å². The Bertz CT molecular complexity index is 454. The van der Waals surface area contributed by atoms with Crippen LogP contribution in [-0.2, 0) is 16.0 Å². The predicted molar refractivity (Wildman–Crippen MR) is 85.9 cm³/mol. The maximum absolute atomic E-state index is 11.2. The molecule has 0 aliphatic carbocycles. The third kappa shape index (κ3) is 4.97. The number of carbonyl (C=O) groups excluding carboxylic acids is 1. The van der Waals surface area contributed by atoms with Crippen molar-refractivity contribution in [2.75, 3.05) is 44.7 Å². The first-order chi connectivity index (χ1) is 10.1. The van der Waals surface area contributed by atoms with Crippen LogP contribution in [0.25, 0.3) is 0 Å². The summed E-state index contributed by atoms with van der Waals surface area (Å²) in [6.45, 7) is 10.00. The highest BCUT2D eigenvalue weighted by Gasteiger charge is 2.19. The number of anilines is 1. The fourth-order valence-corrected chi connectivity index (χ4v) is 3.44. The summed E-state index contributed by atoms with van der Waals surface area (Å²) < 4.78 is 4.66. The Kier molecular flexibility index (Phi) is 5.99. The summed E-state index contributed by atoms with van der Waals surface area (Å²) in [5.74, 6) is 0.549. The second kappa shape index (κ2) is 7.75. The summed E-state index contributed by atoms with van der Waals surface area (Å²) in [4.78, 5) is 20.7. The molecule has 0 amide bonds. The van der Waals surface area contributed by atoms with Gasteiger partial charge < -0.3 is 9.64 Å². The Balaban J connectivity index is 1.81. The average Bonchev–Trinajstić information content (AvgIpc) is 2.94. The molecular weight excluding hydrogens is 286 g/mol. The van der Waals surface area contributed by atoms with Crippen molar-refractivity contribution in [1.29, 1.82) is 0 Å². The highest BCUT2D eigenvalue weighted by atomic mass is 32.1. The largest absolute Gasteiger partial charge is 0.469 e. The number of aromatic nitrogens is 1. The molecule has 6 heteroatoms. The van der Waals surface area contributed by atoms with Crippen molar-refractivity contribution in [1.82, 2.24) is 9.88 Å². The van der Waals surface area contributed by atoms with Crippen molar-refractivity contribution in [2.45, 2.75) is 26.7 Å². The number of hydrogen-bond donors (Lipinski definition) is 0. The number of piperazine rings is 1. The topological polar surface area (TPSA) is 45.7 Å². The van der Waals surface area contributed by atoms with Crippen LogP contribution in [0.1, 0.15) is 26.0 Å². The standard InChI is InChI=1S/C15H25N3O2S/c1-12(2)10-17-6-8-18(9-7-17)15-16-13(11-21-15)4-5-14(19)20-3/h11-12H,4-10H2,1-3H3. The van der Waals surface area contributed by atoms with Gasteiger partial charge in [0.05, 0.1) is 19.2 Å². The van der Waals surface area contributed by atoms with E-state index in [1.165, 1.54) is 13.7 Å². The number of thiazole rings is 1. The zero-order valence-corrected chi connectivity index (χ0v) is 14.0. The van der Waals surface area contributed by atoms with Gasteiger partial charge in [-0.15, -0.1) is 11.3 Å². The number of aryl methyl sites for hydroxylation is 1. The lowest BCUT2D eigenvalue weighted by Crippen LogP contribution is -2.47. The molecule has 0 unspecified atom stereocenters. The maximum atomic E-state index is 11.2. The first-order valence-corrected chi connectivity index (χ1v) is 8.45. The monoisotopic (exact) mass is 311 g/mol. The van der Waals surface area contributed by atoms with E-state index in [1.54, 1.807) is 11.3 Å². The van der Waals surface area contributed by atoms with Crippen molar-refractivity contribution < 1.29 is 9.53 Å². The van der Waals surface area contributed by atoms with Crippen molar-refractivity contribution in [2.24, 2.45) is 5.92 Å². The highest BCUT2D eigenvalue weighted by Crippen LogP contribution is 2.22. The van der Waals surface area contributed by atoms with Gasteiger partial charge in [0, 0.05) is 44.5 Å². The van der Waals surface area contributed by atoms with Crippen LogP contribution < -0.4 is 4.90 Å². The third-order valence-electron chi connectivity index (χ3n) is 3.62. The van der Waals surface area contributed by atoms with Gasteiger partial charge >= 0.3 is 5.97 Å². The SMILES string of the molecule is COC(=O)CCc1csc(N2CCN(CC(C)C)CC2)n1. The number of methoxy groups -OCH3 is 1. The minimum Gasteiger partial charge on any atom is -0.469 e. The Morgan fingerprint density at radius 1 is 1.38 bits per heavy atom. The lowest BCUT2D eigenvalue weighted by molar-refractivity contribution is -0.140. The Labute approximate surface area is 130 Å². The lowest BCUT2D eigenvalue weighted by Gasteiger charge is -2.35. The van der Waals surface area contributed by atoms with Crippen LogP contribution in [0.5, 0.6) is 0 Å². The molecule has 0 bridgehead atoms. The van der Waals surface area contributed by atoms with Gasteiger partial charge in [-0.2, -0.15) is 0 Å². The summed E-state index contributed by atoms with van der Waals surface area (Å²) in [5, 5.41) is 3.14. The molecule has 0 N–H and O–H groups in total. The van der Waals surface area contributed by atoms with E-state index in [2.05, 4.69) is 38.7 Å². The fraction of sp³-hybridized carbons (Fsp3) is 0.733. The molecule has 0 spiro atoms. The molecule has 2 rings (SSSR count). The molecule has 2 heterocycles. The van der Waals surface area contributed by atoms with Gasteiger partial charge in [-0.05, 0) is 5.92 Å². The van der Waals surface area contributed by atoms with Gasteiger partial charge in [0.15, 0.2) is 5.13 Å². The third-order valence-corrected chi connectivity index (χ3v) is 4.57. The summed E-state index contributed by atoms with van der Waals surface area (Å²) in [7, 11) is 1.42. The molecule has 0 aromatic carbocycles. The summed E-state index contributed by atoms with van der Waals surface area (Å²) in [5.41, 5.74) is 0.991. The van der Waals surface area contributed by atoms with Gasteiger partial charge in [0.1, 0.15) is 0 Å². The number of hydrogen-bond acceptors (Lipinski definition) is 6. The molecule has 0 saturated carbocycles. The van der Waals surface area contributed by atoms with Crippen LogP contribution >= 0.6 is 11.3 Å². The minimum absolute atomic E-state index is 0.174.